The zero-order valence-electron chi connectivity index (χ0n) is 22.9. The number of phenols is 1. The van der Waals surface area contributed by atoms with Gasteiger partial charge in [-0.3, -0.25) is 0 Å². The number of unbranched alkanes of at least 4 members (excludes halogenated alkanes) is 18. The lowest BCUT2D eigenvalue weighted by Crippen LogP contribution is -1.96. The lowest BCUT2D eigenvalue weighted by Gasteiger charge is -2.13. The molecule has 1 N–H and O–H groups in total. The summed E-state index contributed by atoms with van der Waals surface area (Å²) in [4.78, 5) is 0. The second-order valence-electron chi connectivity index (χ2n) is 10.5. The van der Waals surface area contributed by atoms with Crippen molar-refractivity contribution in [3.8, 4) is 5.75 Å². The van der Waals surface area contributed by atoms with Crippen LogP contribution in [0.2, 0.25) is 0 Å². The van der Waals surface area contributed by atoms with E-state index in [1.165, 1.54) is 145 Å². The summed E-state index contributed by atoms with van der Waals surface area (Å²) in [6.45, 7) is 6.81. The molecule has 192 valence electrons. The molecule has 0 fully saturated rings. The van der Waals surface area contributed by atoms with E-state index in [0.717, 1.165) is 19.3 Å². The third kappa shape index (κ3) is 15.5. The van der Waals surface area contributed by atoms with E-state index in [9.17, 15) is 5.11 Å². The Morgan fingerprint density at radius 1 is 0.455 bits per heavy atom. The maximum Gasteiger partial charge on any atom is 0.121 e. The molecular weight excluding hydrogens is 400 g/mol. The first kappa shape index (κ1) is 30.1. The molecule has 0 unspecified atom stereocenters. The molecular formula is C32H58O. The molecule has 1 aromatic rings. The van der Waals surface area contributed by atoms with Crippen LogP contribution in [0.5, 0.6) is 5.75 Å². The standard InChI is InChI=1S/C32H58O/c1-4-7-9-11-13-15-17-19-21-23-25-30-27-29(6-3)28-31(32(30)33)26-24-22-20-18-16-14-12-10-8-5-2/h27-28,33H,4-26H2,1-3H3. The largest absolute Gasteiger partial charge is 0.507 e. The Bertz CT molecular complexity index is 517. The molecule has 0 aromatic heterocycles. The van der Waals surface area contributed by atoms with Crippen LogP contribution in [0.15, 0.2) is 12.1 Å². The van der Waals surface area contributed by atoms with Gasteiger partial charge in [0.05, 0.1) is 0 Å². The number of phenolic OH excluding ortho intramolecular Hbond substituents is 1. The van der Waals surface area contributed by atoms with Crippen molar-refractivity contribution in [1.29, 1.82) is 0 Å². The Morgan fingerprint density at radius 3 is 1.06 bits per heavy atom. The fraction of sp³-hybridized carbons (Fsp3) is 0.812. The van der Waals surface area contributed by atoms with E-state index in [1.807, 2.05) is 0 Å². The minimum atomic E-state index is 0.610. The van der Waals surface area contributed by atoms with E-state index >= 15 is 0 Å². The summed E-state index contributed by atoms with van der Waals surface area (Å²) in [5.74, 6) is 0.610. The van der Waals surface area contributed by atoms with Crippen molar-refractivity contribution in [1.82, 2.24) is 0 Å². The maximum atomic E-state index is 10.9. The van der Waals surface area contributed by atoms with E-state index in [4.69, 9.17) is 0 Å². The minimum Gasteiger partial charge on any atom is -0.507 e. The van der Waals surface area contributed by atoms with Crippen LogP contribution in [-0.4, -0.2) is 5.11 Å². The van der Waals surface area contributed by atoms with Crippen LogP contribution < -0.4 is 0 Å². The highest BCUT2D eigenvalue weighted by atomic mass is 16.3. The van der Waals surface area contributed by atoms with Gasteiger partial charge < -0.3 is 5.11 Å². The predicted molar refractivity (Wildman–Crippen MR) is 149 cm³/mol. The van der Waals surface area contributed by atoms with Crippen LogP contribution in [-0.2, 0) is 19.3 Å². The van der Waals surface area contributed by atoms with Crippen LogP contribution in [0.25, 0.3) is 0 Å². The van der Waals surface area contributed by atoms with Crippen LogP contribution in [0.4, 0.5) is 0 Å². The van der Waals surface area contributed by atoms with Gasteiger partial charge in [-0.15, -0.1) is 0 Å². The summed E-state index contributed by atoms with van der Waals surface area (Å²) in [6, 6.07) is 4.54. The van der Waals surface area contributed by atoms with E-state index in [0.29, 0.717) is 5.75 Å². The SMILES string of the molecule is CCCCCCCCCCCCc1cc(CC)cc(CCCCCCCCCCCC)c1O. The monoisotopic (exact) mass is 458 g/mol. The molecule has 0 spiro atoms. The first-order chi connectivity index (χ1) is 16.2. The van der Waals surface area contributed by atoms with Crippen molar-refractivity contribution < 1.29 is 5.11 Å². The number of hydrogen-bond acceptors (Lipinski definition) is 1. The summed E-state index contributed by atoms with van der Waals surface area (Å²) >= 11 is 0. The van der Waals surface area contributed by atoms with Crippen LogP contribution in [0, 0.1) is 0 Å². The van der Waals surface area contributed by atoms with Gasteiger partial charge in [0.25, 0.3) is 0 Å². The molecule has 0 saturated heterocycles. The maximum absolute atomic E-state index is 10.9. The van der Waals surface area contributed by atoms with Crippen LogP contribution >= 0.6 is 0 Å². The Balaban J connectivity index is 2.24. The highest BCUT2D eigenvalue weighted by Crippen LogP contribution is 2.28. The third-order valence-electron chi connectivity index (χ3n) is 7.34. The third-order valence-corrected chi connectivity index (χ3v) is 7.34. The molecule has 0 saturated carbocycles. The van der Waals surface area contributed by atoms with Gasteiger partial charge in [0.1, 0.15) is 5.75 Å². The molecule has 1 aromatic carbocycles. The summed E-state index contributed by atoms with van der Waals surface area (Å²) in [5.41, 5.74) is 3.81. The summed E-state index contributed by atoms with van der Waals surface area (Å²) in [6.07, 6.45) is 30.5. The Labute approximate surface area is 208 Å². The second kappa shape index (κ2) is 21.5. The number of rotatable bonds is 23. The van der Waals surface area contributed by atoms with E-state index in [2.05, 4.69) is 32.9 Å². The van der Waals surface area contributed by atoms with Crippen molar-refractivity contribution in [2.24, 2.45) is 0 Å². The first-order valence-corrected chi connectivity index (χ1v) is 15.1. The molecule has 0 amide bonds. The first-order valence-electron chi connectivity index (χ1n) is 15.1. The van der Waals surface area contributed by atoms with E-state index in [1.54, 1.807) is 0 Å². The minimum absolute atomic E-state index is 0.610. The van der Waals surface area contributed by atoms with Gasteiger partial charge >= 0.3 is 0 Å². The van der Waals surface area contributed by atoms with Gasteiger partial charge in [-0.05, 0) is 48.8 Å². The summed E-state index contributed by atoms with van der Waals surface area (Å²) < 4.78 is 0. The van der Waals surface area contributed by atoms with Crippen molar-refractivity contribution in [2.45, 2.75) is 168 Å². The van der Waals surface area contributed by atoms with Gasteiger partial charge in [0.15, 0.2) is 0 Å². The number of hydrogen-bond donors (Lipinski definition) is 1. The summed E-state index contributed by atoms with van der Waals surface area (Å²) in [7, 11) is 0. The second-order valence-corrected chi connectivity index (χ2v) is 10.5. The molecule has 0 aliphatic carbocycles. The van der Waals surface area contributed by atoms with Crippen molar-refractivity contribution in [2.75, 3.05) is 0 Å². The smallest absolute Gasteiger partial charge is 0.121 e. The topological polar surface area (TPSA) is 20.2 Å². The molecule has 0 bridgehead atoms. The number of aromatic hydroxyl groups is 1. The van der Waals surface area contributed by atoms with Crippen LogP contribution in [0.1, 0.15) is 166 Å². The zero-order chi connectivity index (χ0) is 24.0. The molecule has 1 rings (SSSR count). The zero-order valence-corrected chi connectivity index (χ0v) is 22.9. The number of benzene rings is 1. The highest BCUT2D eigenvalue weighted by Gasteiger charge is 2.10. The van der Waals surface area contributed by atoms with Crippen molar-refractivity contribution in [3.63, 3.8) is 0 Å². The van der Waals surface area contributed by atoms with E-state index in [-0.39, 0.29) is 0 Å². The van der Waals surface area contributed by atoms with Gasteiger partial charge in [-0.25, -0.2) is 0 Å². The average molecular weight is 459 g/mol. The normalized spacial score (nSPS) is 11.4. The fourth-order valence-corrected chi connectivity index (χ4v) is 5.02. The Hall–Kier alpha value is -0.980. The molecule has 1 nitrogen and oxygen atoms in total. The quantitative estimate of drug-likeness (QED) is 0.162. The number of aryl methyl sites for hydroxylation is 3. The Kier molecular flexibility index (Phi) is 19.6. The van der Waals surface area contributed by atoms with Gasteiger partial charge in [0, 0.05) is 0 Å². The molecule has 0 heterocycles. The van der Waals surface area contributed by atoms with E-state index < -0.39 is 0 Å². The van der Waals surface area contributed by atoms with Gasteiger partial charge in [-0.1, -0.05) is 148 Å². The Morgan fingerprint density at radius 2 is 0.758 bits per heavy atom. The average Bonchev–Trinajstić information content (AvgIpc) is 2.83. The molecule has 0 atom stereocenters. The highest BCUT2D eigenvalue weighted by molar-refractivity contribution is 5.44. The van der Waals surface area contributed by atoms with Crippen LogP contribution in [0.3, 0.4) is 0 Å². The molecule has 0 radical (unpaired) electrons. The molecule has 33 heavy (non-hydrogen) atoms. The van der Waals surface area contributed by atoms with Crippen molar-refractivity contribution in [3.05, 3.63) is 28.8 Å². The lowest BCUT2D eigenvalue weighted by molar-refractivity contribution is 0.456. The summed E-state index contributed by atoms with van der Waals surface area (Å²) in [5, 5.41) is 10.9. The van der Waals surface area contributed by atoms with Crippen molar-refractivity contribution >= 4 is 0 Å². The lowest BCUT2D eigenvalue weighted by atomic mass is 9.95. The van der Waals surface area contributed by atoms with Gasteiger partial charge in [0.2, 0.25) is 0 Å². The predicted octanol–water partition coefficient (Wildman–Crippen LogP) is 10.9. The van der Waals surface area contributed by atoms with Gasteiger partial charge in [-0.2, -0.15) is 0 Å². The fourth-order valence-electron chi connectivity index (χ4n) is 5.02. The molecule has 1 heteroatoms. The molecule has 0 aliphatic rings. The molecule has 0 aliphatic heterocycles.